The highest BCUT2D eigenvalue weighted by Gasteiger charge is 2.20. The van der Waals surface area contributed by atoms with Gasteiger partial charge in [-0.2, -0.15) is 15.3 Å². The van der Waals surface area contributed by atoms with Crippen LogP contribution in [-0.4, -0.2) is 20.0 Å². The lowest BCUT2D eigenvalue weighted by Gasteiger charge is -2.18. The number of hydrogen-bond donors (Lipinski definition) is 1. The molecule has 29 heavy (non-hydrogen) atoms. The van der Waals surface area contributed by atoms with Crippen molar-refractivity contribution < 1.29 is 13.2 Å². The van der Waals surface area contributed by atoms with Gasteiger partial charge in [-0.3, -0.25) is 4.68 Å². The largest absolute Gasteiger partial charge is 0.377 e. The van der Waals surface area contributed by atoms with Crippen molar-refractivity contribution in [1.82, 2.24) is 20.0 Å². The van der Waals surface area contributed by atoms with Crippen molar-refractivity contribution in [2.24, 2.45) is 7.05 Å². The zero-order valence-electron chi connectivity index (χ0n) is 15.8. The third-order valence-electron chi connectivity index (χ3n) is 4.81. The molecule has 4 rings (SSSR count). The zero-order valence-corrected chi connectivity index (χ0v) is 15.8. The summed E-state index contributed by atoms with van der Waals surface area (Å²) in [6.07, 6.45) is 2.33. The Hall–Kier alpha value is -3.42. The summed E-state index contributed by atoms with van der Waals surface area (Å²) in [5.41, 5.74) is 2.75. The van der Waals surface area contributed by atoms with E-state index in [0.29, 0.717) is 11.2 Å². The lowest BCUT2D eigenvalue weighted by atomic mass is 10.0. The molecule has 0 aliphatic rings. The van der Waals surface area contributed by atoms with Crippen LogP contribution in [0.4, 0.5) is 18.9 Å². The van der Waals surface area contributed by atoms with Crippen LogP contribution in [0.5, 0.6) is 0 Å². The van der Waals surface area contributed by atoms with Gasteiger partial charge in [-0.25, -0.2) is 13.2 Å². The molecule has 2 heterocycles. The molecule has 0 amide bonds. The summed E-state index contributed by atoms with van der Waals surface area (Å²) in [5, 5.41) is 16.3. The average molecular weight is 397 g/mol. The molecule has 0 fully saturated rings. The minimum atomic E-state index is -2.87. The summed E-state index contributed by atoms with van der Waals surface area (Å²) < 4.78 is 42.3. The molecular formula is C21H18F3N5. The number of alkyl halides is 2. The smallest absolute Gasteiger partial charge is 0.266 e. The first-order valence-corrected chi connectivity index (χ1v) is 9.01. The topological polar surface area (TPSA) is 55.6 Å². The zero-order chi connectivity index (χ0) is 20.5. The van der Waals surface area contributed by atoms with Gasteiger partial charge in [0.1, 0.15) is 5.82 Å². The number of aromatic nitrogens is 4. The summed E-state index contributed by atoms with van der Waals surface area (Å²) in [6.45, 7) is 1.71. The van der Waals surface area contributed by atoms with E-state index in [1.165, 1.54) is 12.1 Å². The van der Waals surface area contributed by atoms with Gasteiger partial charge in [0.15, 0.2) is 0 Å². The molecule has 0 spiro atoms. The van der Waals surface area contributed by atoms with Crippen molar-refractivity contribution in [2.75, 3.05) is 5.32 Å². The fourth-order valence-electron chi connectivity index (χ4n) is 3.30. The third-order valence-corrected chi connectivity index (χ3v) is 4.81. The van der Waals surface area contributed by atoms with Gasteiger partial charge < -0.3 is 5.32 Å². The van der Waals surface area contributed by atoms with Gasteiger partial charge in [0.2, 0.25) is 0 Å². The molecular weight excluding hydrogens is 379 g/mol. The van der Waals surface area contributed by atoms with Crippen LogP contribution in [0.2, 0.25) is 0 Å². The van der Waals surface area contributed by atoms with E-state index < -0.39 is 23.8 Å². The SMILES string of the molecule is C[C@@H](Nc1cnnc2ccc(-c3cnn(C)c3)cc12)c1cccc(C(F)F)c1F. The van der Waals surface area contributed by atoms with E-state index in [-0.39, 0.29) is 5.56 Å². The van der Waals surface area contributed by atoms with Crippen molar-refractivity contribution in [3.63, 3.8) is 0 Å². The minimum absolute atomic E-state index is 0.163. The Kier molecular flexibility index (Phi) is 4.92. The maximum Gasteiger partial charge on any atom is 0.266 e. The Morgan fingerprint density at radius 3 is 2.55 bits per heavy atom. The highest BCUT2D eigenvalue weighted by molar-refractivity contribution is 5.93. The number of hydrogen-bond acceptors (Lipinski definition) is 4. The predicted octanol–water partition coefficient (Wildman–Crippen LogP) is 5.28. The Labute approximate surface area is 165 Å². The lowest BCUT2D eigenvalue weighted by Crippen LogP contribution is -2.11. The van der Waals surface area contributed by atoms with Gasteiger partial charge in [0, 0.05) is 29.8 Å². The van der Waals surface area contributed by atoms with Gasteiger partial charge in [-0.1, -0.05) is 24.3 Å². The van der Waals surface area contributed by atoms with E-state index in [1.54, 1.807) is 24.0 Å². The number of benzene rings is 2. The van der Waals surface area contributed by atoms with Gasteiger partial charge in [-0.05, 0) is 24.6 Å². The Bertz CT molecular complexity index is 1170. The van der Waals surface area contributed by atoms with E-state index in [2.05, 4.69) is 20.6 Å². The molecule has 0 radical (unpaired) electrons. The van der Waals surface area contributed by atoms with E-state index in [0.717, 1.165) is 22.6 Å². The monoisotopic (exact) mass is 397 g/mol. The van der Waals surface area contributed by atoms with E-state index in [4.69, 9.17) is 0 Å². The van der Waals surface area contributed by atoms with Crippen LogP contribution >= 0.6 is 0 Å². The summed E-state index contributed by atoms with van der Waals surface area (Å²) >= 11 is 0. The maximum absolute atomic E-state index is 14.5. The van der Waals surface area contributed by atoms with Crippen molar-refractivity contribution in [1.29, 1.82) is 0 Å². The normalized spacial score (nSPS) is 12.5. The van der Waals surface area contributed by atoms with Crippen molar-refractivity contribution in [2.45, 2.75) is 19.4 Å². The molecule has 2 aromatic carbocycles. The van der Waals surface area contributed by atoms with Crippen LogP contribution in [0.3, 0.4) is 0 Å². The first-order chi connectivity index (χ1) is 13.9. The van der Waals surface area contributed by atoms with Crippen LogP contribution in [-0.2, 0) is 7.05 Å². The van der Waals surface area contributed by atoms with Crippen LogP contribution in [0.15, 0.2) is 55.0 Å². The van der Waals surface area contributed by atoms with E-state index in [1.807, 2.05) is 31.4 Å². The van der Waals surface area contributed by atoms with Crippen LogP contribution in [0, 0.1) is 5.82 Å². The maximum atomic E-state index is 14.5. The molecule has 1 atom stereocenters. The molecule has 2 aromatic heterocycles. The van der Waals surface area contributed by atoms with Crippen molar-refractivity contribution in [3.05, 3.63) is 71.9 Å². The number of anilines is 1. The second kappa shape index (κ2) is 7.54. The quantitative estimate of drug-likeness (QED) is 0.498. The summed E-state index contributed by atoms with van der Waals surface area (Å²) in [5.74, 6) is -0.898. The van der Waals surface area contributed by atoms with Crippen LogP contribution in [0.1, 0.15) is 30.5 Å². The molecule has 0 unspecified atom stereocenters. The fraction of sp³-hybridized carbons (Fsp3) is 0.190. The molecule has 0 saturated heterocycles. The number of rotatable bonds is 5. The van der Waals surface area contributed by atoms with Crippen molar-refractivity contribution >= 4 is 16.6 Å². The molecule has 0 aliphatic heterocycles. The summed E-state index contributed by atoms with van der Waals surface area (Å²) in [4.78, 5) is 0. The van der Waals surface area contributed by atoms with Gasteiger partial charge in [0.25, 0.3) is 6.43 Å². The molecule has 0 bridgehead atoms. The second-order valence-electron chi connectivity index (χ2n) is 6.81. The highest BCUT2D eigenvalue weighted by Crippen LogP contribution is 2.32. The van der Waals surface area contributed by atoms with E-state index in [9.17, 15) is 13.2 Å². The number of aryl methyl sites for hydroxylation is 1. The average Bonchev–Trinajstić information content (AvgIpc) is 3.14. The standard InChI is InChI=1S/C21H18F3N5/c1-12(15-4-3-5-16(20(15)22)21(23)24)27-19-10-25-28-18-7-6-13(8-17(18)19)14-9-26-29(2)11-14/h3-12,21H,1-2H3,(H,27,28)/t12-/m1/s1. The van der Waals surface area contributed by atoms with Crippen molar-refractivity contribution in [3.8, 4) is 11.1 Å². The fourth-order valence-corrected chi connectivity index (χ4v) is 3.30. The van der Waals surface area contributed by atoms with E-state index >= 15 is 0 Å². The predicted molar refractivity (Wildman–Crippen MR) is 105 cm³/mol. The first kappa shape index (κ1) is 18.9. The number of halogens is 3. The molecule has 0 aliphatic carbocycles. The third kappa shape index (κ3) is 3.65. The second-order valence-corrected chi connectivity index (χ2v) is 6.81. The Morgan fingerprint density at radius 1 is 1.03 bits per heavy atom. The molecule has 1 N–H and O–H groups in total. The van der Waals surface area contributed by atoms with Gasteiger partial charge in [0.05, 0.1) is 35.2 Å². The summed E-state index contributed by atoms with van der Waals surface area (Å²) in [6, 6.07) is 9.19. The molecule has 4 aromatic rings. The molecule has 8 heteroatoms. The number of nitrogens with zero attached hydrogens (tertiary/aromatic N) is 4. The molecule has 5 nitrogen and oxygen atoms in total. The number of nitrogens with one attached hydrogen (secondary N) is 1. The Morgan fingerprint density at radius 2 is 1.83 bits per heavy atom. The lowest BCUT2D eigenvalue weighted by molar-refractivity contribution is 0.146. The minimum Gasteiger partial charge on any atom is -0.377 e. The number of fused-ring (bicyclic) bond motifs is 1. The summed E-state index contributed by atoms with van der Waals surface area (Å²) in [7, 11) is 1.84. The highest BCUT2D eigenvalue weighted by atomic mass is 19.3. The molecule has 0 saturated carbocycles. The van der Waals surface area contributed by atoms with Gasteiger partial charge >= 0.3 is 0 Å². The van der Waals surface area contributed by atoms with Crippen LogP contribution < -0.4 is 5.32 Å². The Balaban J connectivity index is 1.72. The first-order valence-electron chi connectivity index (χ1n) is 9.01. The van der Waals surface area contributed by atoms with Gasteiger partial charge in [-0.15, -0.1) is 0 Å². The molecule has 148 valence electrons. The van der Waals surface area contributed by atoms with Crippen LogP contribution in [0.25, 0.3) is 22.0 Å².